The molecular weight excluding hydrogens is 230 g/mol. The number of carboxylic acid groups (broad SMARTS) is 1. The van der Waals surface area contributed by atoms with E-state index >= 15 is 0 Å². The lowest BCUT2D eigenvalue weighted by Crippen LogP contribution is -2.38. The Balaban J connectivity index is 2.14. The molecule has 1 aromatic heterocycles. The highest BCUT2D eigenvalue weighted by Crippen LogP contribution is 2.42. The average molecular weight is 251 g/mol. The fourth-order valence-electron chi connectivity index (χ4n) is 2.89. The van der Waals surface area contributed by atoms with Crippen LogP contribution in [0.1, 0.15) is 44.9 Å². The van der Waals surface area contributed by atoms with E-state index in [1.54, 1.807) is 4.68 Å². The van der Waals surface area contributed by atoms with E-state index in [2.05, 4.69) is 17.0 Å². The van der Waals surface area contributed by atoms with Crippen LogP contribution in [-0.2, 0) is 18.3 Å². The van der Waals surface area contributed by atoms with Gasteiger partial charge in [-0.2, -0.15) is 5.10 Å². The molecule has 0 atom stereocenters. The first-order valence-electron chi connectivity index (χ1n) is 6.63. The molecule has 0 aromatic carbocycles. The highest BCUT2D eigenvalue weighted by Gasteiger charge is 2.42. The molecule has 1 N–H and O–H groups in total. The Morgan fingerprint density at radius 1 is 1.56 bits per heavy atom. The Hall–Kier alpha value is -1.39. The molecule has 5 heteroatoms. The normalized spacial score (nSPS) is 28.2. The topological polar surface area (TPSA) is 68.0 Å². The van der Waals surface area contributed by atoms with Crippen LogP contribution in [0.25, 0.3) is 0 Å². The number of carboxylic acids is 1. The van der Waals surface area contributed by atoms with E-state index in [1.165, 1.54) is 6.33 Å². The number of aliphatic carboxylic acids is 1. The van der Waals surface area contributed by atoms with Crippen LogP contribution in [0.3, 0.4) is 0 Å². The predicted octanol–water partition coefficient (Wildman–Crippen LogP) is 2.03. The van der Waals surface area contributed by atoms with E-state index in [9.17, 15) is 9.90 Å². The monoisotopic (exact) mass is 251 g/mol. The van der Waals surface area contributed by atoms with Gasteiger partial charge in [0, 0.05) is 13.5 Å². The third-order valence-corrected chi connectivity index (χ3v) is 4.39. The summed E-state index contributed by atoms with van der Waals surface area (Å²) >= 11 is 0. The van der Waals surface area contributed by atoms with Crippen molar-refractivity contribution in [2.24, 2.45) is 18.4 Å². The maximum Gasteiger partial charge on any atom is 0.310 e. The molecule has 0 radical (unpaired) electrons. The zero-order valence-corrected chi connectivity index (χ0v) is 11.1. The Morgan fingerprint density at radius 3 is 2.67 bits per heavy atom. The van der Waals surface area contributed by atoms with Crippen LogP contribution in [0, 0.1) is 11.3 Å². The number of hydrogen-bond donors (Lipinski definition) is 1. The zero-order chi connectivity index (χ0) is 13.2. The van der Waals surface area contributed by atoms with Crippen LogP contribution in [0.2, 0.25) is 0 Å². The summed E-state index contributed by atoms with van der Waals surface area (Å²) in [7, 11) is 1.82. The largest absolute Gasteiger partial charge is 0.481 e. The summed E-state index contributed by atoms with van der Waals surface area (Å²) < 4.78 is 1.68. The molecule has 1 heterocycles. The van der Waals surface area contributed by atoms with Gasteiger partial charge in [-0.1, -0.05) is 13.3 Å². The lowest BCUT2D eigenvalue weighted by Gasteiger charge is -2.36. The molecule has 0 spiro atoms. The van der Waals surface area contributed by atoms with Crippen LogP contribution < -0.4 is 0 Å². The Bertz CT molecular complexity index is 420. The fourth-order valence-corrected chi connectivity index (χ4v) is 2.89. The van der Waals surface area contributed by atoms with Gasteiger partial charge in [-0.3, -0.25) is 9.48 Å². The standard InChI is InChI=1S/C13H21N3O2/c1-3-10-4-6-13(7-5-10,12(17)18)8-11-14-9-15-16(11)2/h9-10H,3-8H2,1-2H3,(H,17,18). The van der Waals surface area contributed by atoms with Gasteiger partial charge in [0.05, 0.1) is 5.41 Å². The second-order valence-corrected chi connectivity index (χ2v) is 5.41. The highest BCUT2D eigenvalue weighted by molar-refractivity contribution is 5.75. The lowest BCUT2D eigenvalue weighted by atomic mass is 9.68. The minimum Gasteiger partial charge on any atom is -0.481 e. The summed E-state index contributed by atoms with van der Waals surface area (Å²) in [6.07, 6.45) is 6.68. The predicted molar refractivity (Wildman–Crippen MR) is 67.0 cm³/mol. The summed E-state index contributed by atoms with van der Waals surface area (Å²) in [6, 6.07) is 0. The number of carbonyl (C=O) groups is 1. The third kappa shape index (κ3) is 2.40. The number of rotatable bonds is 4. The van der Waals surface area contributed by atoms with Crippen molar-refractivity contribution < 1.29 is 9.90 Å². The van der Waals surface area contributed by atoms with Gasteiger partial charge in [0.2, 0.25) is 0 Å². The SMILES string of the molecule is CCC1CCC(Cc2ncnn2C)(C(=O)O)CC1. The first-order valence-corrected chi connectivity index (χ1v) is 6.63. The van der Waals surface area contributed by atoms with Crippen molar-refractivity contribution in [2.45, 2.75) is 45.4 Å². The van der Waals surface area contributed by atoms with E-state index in [1.807, 2.05) is 7.05 Å². The molecule has 0 saturated heterocycles. The molecule has 0 aliphatic heterocycles. The molecule has 100 valence electrons. The fraction of sp³-hybridized carbons (Fsp3) is 0.769. The van der Waals surface area contributed by atoms with Crippen LogP contribution >= 0.6 is 0 Å². The van der Waals surface area contributed by atoms with Crippen molar-refractivity contribution in [3.63, 3.8) is 0 Å². The maximum absolute atomic E-state index is 11.7. The molecule has 1 aliphatic carbocycles. The minimum atomic E-state index is -0.681. The van der Waals surface area contributed by atoms with Gasteiger partial charge < -0.3 is 5.11 Å². The molecular formula is C13H21N3O2. The van der Waals surface area contributed by atoms with Crippen LogP contribution in [0.4, 0.5) is 0 Å². The number of nitrogens with zero attached hydrogens (tertiary/aromatic N) is 3. The second-order valence-electron chi connectivity index (χ2n) is 5.41. The zero-order valence-electron chi connectivity index (χ0n) is 11.1. The summed E-state index contributed by atoms with van der Waals surface area (Å²) in [5.74, 6) is 0.782. The molecule has 2 rings (SSSR count). The molecule has 1 aromatic rings. The van der Waals surface area contributed by atoms with Gasteiger partial charge in [-0.25, -0.2) is 4.98 Å². The van der Waals surface area contributed by atoms with E-state index in [4.69, 9.17) is 0 Å². The number of aryl methyl sites for hydroxylation is 1. The van der Waals surface area contributed by atoms with Gasteiger partial charge in [0.1, 0.15) is 12.2 Å². The van der Waals surface area contributed by atoms with Gasteiger partial charge in [-0.15, -0.1) is 0 Å². The first-order chi connectivity index (χ1) is 8.57. The molecule has 0 amide bonds. The molecule has 5 nitrogen and oxygen atoms in total. The highest BCUT2D eigenvalue weighted by atomic mass is 16.4. The van der Waals surface area contributed by atoms with Crippen LogP contribution in [0.5, 0.6) is 0 Å². The molecule has 1 saturated carbocycles. The van der Waals surface area contributed by atoms with Gasteiger partial charge in [0.15, 0.2) is 0 Å². The van der Waals surface area contributed by atoms with Gasteiger partial charge in [-0.05, 0) is 31.6 Å². The van der Waals surface area contributed by atoms with Crippen LogP contribution in [-0.4, -0.2) is 25.8 Å². The summed E-state index contributed by atoms with van der Waals surface area (Å²) in [6.45, 7) is 2.18. The molecule has 1 aliphatic rings. The lowest BCUT2D eigenvalue weighted by molar-refractivity contribution is -0.151. The number of hydrogen-bond acceptors (Lipinski definition) is 3. The summed E-state index contributed by atoms with van der Waals surface area (Å²) in [5.41, 5.74) is -0.632. The average Bonchev–Trinajstić information content (AvgIpc) is 2.75. The van der Waals surface area contributed by atoms with Crippen molar-refractivity contribution in [1.29, 1.82) is 0 Å². The van der Waals surface area contributed by atoms with Gasteiger partial charge >= 0.3 is 5.97 Å². The quantitative estimate of drug-likeness (QED) is 0.889. The minimum absolute atomic E-state index is 0.495. The molecule has 0 unspecified atom stereocenters. The van der Waals surface area contributed by atoms with Gasteiger partial charge in [0.25, 0.3) is 0 Å². The van der Waals surface area contributed by atoms with Crippen molar-refractivity contribution in [2.75, 3.05) is 0 Å². The summed E-state index contributed by atoms with van der Waals surface area (Å²) in [4.78, 5) is 15.8. The smallest absolute Gasteiger partial charge is 0.310 e. The van der Waals surface area contributed by atoms with Crippen molar-refractivity contribution in [3.05, 3.63) is 12.2 Å². The van der Waals surface area contributed by atoms with Crippen LogP contribution in [0.15, 0.2) is 6.33 Å². The van der Waals surface area contributed by atoms with Crippen molar-refractivity contribution in [1.82, 2.24) is 14.8 Å². The molecule has 0 bridgehead atoms. The molecule has 18 heavy (non-hydrogen) atoms. The van der Waals surface area contributed by atoms with E-state index in [0.29, 0.717) is 12.3 Å². The summed E-state index contributed by atoms with van der Waals surface area (Å²) in [5, 5.41) is 13.6. The van der Waals surface area contributed by atoms with E-state index < -0.39 is 11.4 Å². The Kier molecular flexibility index (Phi) is 3.68. The first kappa shape index (κ1) is 13.1. The Morgan fingerprint density at radius 2 is 2.22 bits per heavy atom. The maximum atomic E-state index is 11.7. The molecule has 1 fully saturated rings. The number of aromatic nitrogens is 3. The Labute approximate surface area is 107 Å². The third-order valence-electron chi connectivity index (χ3n) is 4.39. The second kappa shape index (κ2) is 5.08. The van der Waals surface area contributed by atoms with Crippen molar-refractivity contribution >= 4 is 5.97 Å². The van der Waals surface area contributed by atoms with E-state index in [0.717, 1.165) is 37.9 Å². The van der Waals surface area contributed by atoms with E-state index in [-0.39, 0.29) is 0 Å². The van der Waals surface area contributed by atoms with Crippen molar-refractivity contribution in [3.8, 4) is 0 Å².